The van der Waals surface area contributed by atoms with Crippen LogP contribution in [0.2, 0.25) is 0 Å². The van der Waals surface area contributed by atoms with Gasteiger partial charge in [0.1, 0.15) is 18.2 Å². The molecule has 0 aliphatic carbocycles. The number of rotatable bonds is 8. The van der Waals surface area contributed by atoms with Gasteiger partial charge in [-0.2, -0.15) is 0 Å². The number of aryl methyl sites for hydroxylation is 1. The summed E-state index contributed by atoms with van der Waals surface area (Å²) in [6, 6.07) is 6.31. The lowest BCUT2D eigenvalue weighted by Gasteiger charge is -2.11. The Morgan fingerprint density at radius 1 is 1.32 bits per heavy atom. The molecule has 7 nitrogen and oxygen atoms in total. The van der Waals surface area contributed by atoms with Crippen LogP contribution in [0, 0.1) is 5.92 Å². The van der Waals surface area contributed by atoms with E-state index in [1.807, 2.05) is 31.7 Å². The monoisotopic (exact) mass is 365 g/mol. The van der Waals surface area contributed by atoms with E-state index in [9.17, 15) is 13.2 Å². The summed E-state index contributed by atoms with van der Waals surface area (Å²) in [6.07, 6.45) is 4.25. The van der Waals surface area contributed by atoms with E-state index in [0.717, 1.165) is 12.2 Å². The number of carbonyl (C=O) groups excluding carboxylic acids is 1. The van der Waals surface area contributed by atoms with Crippen LogP contribution in [-0.2, 0) is 23.7 Å². The molecule has 0 radical (unpaired) electrons. The molecular weight excluding hydrogens is 342 g/mol. The predicted octanol–water partition coefficient (Wildman–Crippen LogP) is 2.10. The molecule has 1 N–H and O–H groups in total. The lowest BCUT2D eigenvalue weighted by Crippen LogP contribution is -2.34. The van der Waals surface area contributed by atoms with Gasteiger partial charge in [-0.1, -0.05) is 20.3 Å². The first-order valence-corrected chi connectivity index (χ1v) is 9.70. The maximum absolute atomic E-state index is 12.1. The molecule has 0 saturated carbocycles. The minimum atomic E-state index is -3.64. The number of nitrogens with zero attached hydrogens (tertiary/aromatic N) is 2. The van der Waals surface area contributed by atoms with Crippen LogP contribution in [0.1, 0.15) is 36.5 Å². The second kappa shape index (κ2) is 8.15. The predicted molar refractivity (Wildman–Crippen MR) is 94.7 cm³/mol. The summed E-state index contributed by atoms with van der Waals surface area (Å²) in [5, 5.41) is 0. The van der Waals surface area contributed by atoms with Gasteiger partial charge in [-0.15, -0.1) is 0 Å². The molecule has 2 rings (SSSR count). The number of carbonyl (C=O) groups is 1. The normalized spacial score (nSPS) is 12.6. The standard InChI is InChI=1S/C17H23N3O4S/c1-4-13(2)12-25(22,23)19-17(21)14-5-7-15(8-6-14)24-11-16-18-9-10-20(16)3/h5-10,13H,4,11-12H2,1-3H3,(H,19,21). The third kappa shape index (κ3) is 5.60. The van der Waals surface area contributed by atoms with Crippen molar-refractivity contribution in [3.8, 4) is 5.75 Å². The first-order chi connectivity index (χ1) is 11.8. The molecule has 1 unspecified atom stereocenters. The molecule has 0 aliphatic rings. The topological polar surface area (TPSA) is 90.3 Å². The van der Waals surface area contributed by atoms with Crippen LogP contribution in [0.5, 0.6) is 5.75 Å². The molecular formula is C17H23N3O4S. The maximum Gasteiger partial charge on any atom is 0.264 e. The van der Waals surface area contributed by atoms with Crippen molar-refractivity contribution in [2.75, 3.05) is 5.75 Å². The minimum absolute atomic E-state index is 0.00722. The molecule has 1 amide bonds. The molecule has 25 heavy (non-hydrogen) atoms. The number of sulfonamides is 1. The van der Waals surface area contributed by atoms with Crippen molar-refractivity contribution in [3.63, 3.8) is 0 Å². The molecule has 0 bridgehead atoms. The summed E-state index contributed by atoms with van der Waals surface area (Å²) in [4.78, 5) is 16.2. The van der Waals surface area contributed by atoms with E-state index in [1.165, 1.54) is 12.1 Å². The smallest absolute Gasteiger partial charge is 0.264 e. The molecule has 0 saturated heterocycles. The largest absolute Gasteiger partial charge is 0.486 e. The molecule has 0 spiro atoms. The van der Waals surface area contributed by atoms with Gasteiger partial charge in [-0.3, -0.25) is 4.79 Å². The van der Waals surface area contributed by atoms with Gasteiger partial charge in [0, 0.05) is 25.0 Å². The molecule has 0 fully saturated rings. The van der Waals surface area contributed by atoms with Crippen molar-refractivity contribution in [1.82, 2.24) is 14.3 Å². The second-order valence-corrected chi connectivity index (χ2v) is 7.76. The van der Waals surface area contributed by atoms with Crippen LogP contribution in [-0.4, -0.2) is 29.6 Å². The van der Waals surface area contributed by atoms with Crippen molar-refractivity contribution < 1.29 is 17.9 Å². The van der Waals surface area contributed by atoms with Gasteiger partial charge in [0.25, 0.3) is 5.91 Å². The Bertz CT molecular complexity index is 813. The van der Waals surface area contributed by atoms with Gasteiger partial charge in [0.2, 0.25) is 10.0 Å². The number of nitrogens with one attached hydrogen (secondary N) is 1. The zero-order chi connectivity index (χ0) is 18.4. The summed E-state index contributed by atoms with van der Waals surface area (Å²) in [7, 11) is -1.76. The molecule has 136 valence electrons. The highest BCUT2D eigenvalue weighted by atomic mass is 32.2. The van der Waals surface area contributed by atoms with E-state index < -0.39 is 15.9 Å². The fourth-order valence-electron chi connectivity index (χ4n) is 2.12. The van der Waals surface area contributed by atoms with Crippen LogP contribution in [0.25, 0.3) is 0 Å². The fourth-order valence-corrected chi connectivity index (χ4v) is 3.59. The molecule has 8 heteroatoms. The number of benzene rings is 1. The Kier molecular flexibility index (Phi) is 6.19. The molecule has 1 aromatic heterocycles. The summed E-state index contributed by atoms with van der Waals surface area (Å²) in [6.45, 7) is 4.04. The molecule has 2 aromatic rings. The summed E-state index contributed by atoms with van der Waals surface area (Å²) >= 11 is 0. The minimum Gasteiger partial charge on any atom is -0.486 e. The number of hydrogen-bond donors (Lipinski definition) is 1. The van der Waals surface area contributed by atoms with E-state index in [0.29, 0.717) is 12.4 Å². The Labute approximate surface area is 148 Å². The third-order valence-corrected chi connectivity index (χ3v) is 5.36. The average molecular weight is 365 g/mol. The lowest BCUT2D eigenvalue weighted by atomic mass is 10.2. The van der Waals surface area contributed by atoms with E-state index in [-0.39, 0.29) is 17.2 Å². The zero-order valence-corrected chi connectivity index (χ0v) is 15.4. The number of amides is 1. The van der Waals surface area contributed by atoms with Crippen LogP contribution < -0.4 is 9.46 Å². The summed E-state index contributed by atoms with van der Waals surface area (Å²) in [5.74, 6) is 0.631. The highest BCUT2D eigenvalue weighted by Crippen LogP contribution is 2.14. The van der Waals surface area contributed by atoms with E-state index in [4.69, 9.17) is 4.74 Å². The highest BCUT2D eigenvalue weighted by molar-refractivity contribution is 7.90. The van der Waals surface area contributed by atoms with E-state index in [1.54, 1.807) is 18.3 Å². The van der Waals surface area contributed by atoms with Crippen molar-refractivity contribution in [2.45, 2.75) is 26.9 Å². The van der Waals surface area contributed by atoms with Gasteiger partial charge in [0.05, 0.1) is 5.75 Å². The third-order valence-electron chi connectivity index (χ3n) is 3.85. The average Bonchev–Trinajstić information content (AvgIpc) is 2.97. The van der Waals surface area contributed by atoms with Crippen LogP contribution >= 0.6 is 0 Å². The Hall–Kier alpha value is -2.35. The highest BCUT2D eigenvalue weighted by Gasteiger charge is 2.18. The summed E-state index contributed by atoms with van der Waals surface area (Å²) in [5.41, 5.74) is 0.261. The number of aromatic nitrogens is 2. The SMILES string of the molecule is CCC(C)CS(=O)(=O)NC(=O)c1ccc(OCc2nccn2C)cc1. The van der Waals surface area contributed by atoms with Crippen LogP contribution in [0.3, 0.4) is 0 Å². The summed E-state index contributed by atoms with van der Waals surface area (Å²) < 4.78 is 33.5. The van der Waals surface area contributed by atoms with Crippen molar-refractivity contribution in [3.05, 3.63) is 48.0 Å². The molecule has 0 aliphatic heterocycles. The lowest BCUT2D eigenvalue weighted by molar-refractivity contribution is 0.0981. The van der Waals surface area contributed by atoms with Gasteiger partial charge in [-0.05, 0) is 30.2 Å². The van der Waals surface area contributed by atoms with Gasteiger partial charge in [0.15, 0.2) is 0 Å². The van der Waals surface area contributed by atoms with Gasteiger partial charge >= 0.3 is 0 Å². The number of hydrogen-bond acceptors (Lipinski definition) is 5. The second-order valence-electron chi connectivity index (χ2n) is 5.99. The van der Waals surface area contributed by atoms with Gasteiger partial charge < -0.3 is 9.30 Å². The number of imidazole rings is 1. The van der Waals surface area contributed by atoms with Crippen LogP contribution in [0.15, 0.2) is 36.7 Å². The zero-order valence-electron chi connectivity index (χ0n) is 14.6. The Morgan fingerprint density at radius 2 is 2.00 bits per heavy atom. The Morgan fingerprint density at radius 3 is 2.56 bits per heavy atom. The van der Waals surface area contributed by atoms with E-state index in [2.05, 4.69) is 9.71 Å². The fraction of sp³-hybridized carbons (Fsp3) is 0.412. The first kappa shape index (κ1) is 19.0. The molecule has 1 atom stereocenters. The molecule has 1 aromatic carbocycles. The Balaban J connectivity index is 1.94. The quantitative estimate of drug-likeness (QED) is 0.774. The van der Waals surface area contributed by atoms with Crippen molar-refractivity contribution in [2.24, 2.45) is 13.0 Å². The van der Waals surface area contributed by atoms with Crippen molar-refractivity contribution in [1.29, 1.82) is 0 Å². The van der Waals surface area contributed by atoms with Gasteiger partial charge in [-0.25, -0.2) is 18.1 Å². The molecule has 1 heterocycles. The van der Waals surface area contributed by atoms with Crippen LogP contribution in [0.4, 0.5) is 0 Å². The first-order valence-electron chi connectivity index (χ1n) is 8.04. The maximum atomic E-state index is 12.1. The van der Waals surface area contributed by atoms with E-state index >= 15 is 0 Å². The number of ether oxygens (including phenoxy) is 1. The van der Waals surface area contributed by atoms with Crippen molar-refractivity contribution >= 4 is 15.9 Å².